The second-order valence-corrected chi connectivity index (χ2v) is 9.52. The van der Waals surface area contributed by atoms with Crippen molar-refractivity contribution in [1.29, 1.82) is 0 Å². The zero-order valence-electron chi connectivity index (χ0n) is 21.8. The Hall–Kier alpha value is -3.56. The zero-order valence-corrected chi connectivity index (χ0v) is 22.5. The average molecular weight is 542 g/mol. The number of aromatic hydroxyl groups is 1. The quantitative estimate of drug-likeness (QED) is 0.432. The number of rotatable bonds is 9. The van der Waals surface area contributed by atoms with Crippen molar-refractivity contribution in [1.82, 2.24) is 14.5 Å². The molecule has 0 spiro atoms. The predicted octanol–water partition coefficient (Wildman–Crippen LogP) is 4.24. The van der Waals surface area contributed by atoms with E-state index in [1.165, 1.54) is 24.4 Å². The van der Waals surface area contributed by atoms with Crippen molar-refractivity contribution in [3.63, 3.8) is 0 Å². The lowest BCUT2D eigenvalue weighted by Gasteiger charge is -2.32. The van der Waals surface area contributed by atoms with Gasteiger partial charge in [0.25, 0.3) is 11.5 Å². The second kappa shape index (κ2) is 12.3. The maximum atomic E-state index is 13.9. The first-order chi connectivity index (χ1) is 18.4. The van der Waals surface area contributed by atoms with Crippen LogP contribution in [-0.2, 0) is 17.8 Å². The largest absolute Gasteiger partial charge is 0.494 e. The average Bonchev–Trinajstić information content (AvgIpc) is 2.93. The number of ether oxygens (including phenoxy) is 3. The molecule has 3 aromatic rings. The molecule has 1 aliphatic heterocycles. The summed E-state index contributed by atoms with van der Waals surface area (Å²) < 4.78 is 17.7. The monoisotopic (exact) mass is 541 g/mol. The second-order valence-electron chi connectivity index (χ2n) is 9.08. The van der Waals surface area contributed by atoms with Gasteiger partial charge in [0.1, 0.15) is 29.6 Å². The summed E-state index contributed by atoms with van der Waals surface area (Å²) in [4.78, 5) is 33.2. The van der Waals surface area contributed by atoms with Gasteiger partial charge in [0.2, 0.25) is 5.88 Å². The lowest BCUT2D eigenvalue weighted by Crippen LogP contribution is -2.42. The Labute approximate surface area is 226 Å². The van der Waals surface area contributed by atoms with Crippen LogP contribution in [0.15, 0.2) is 47.3 Å². The smallest absolute Gasteiger partial charge is 0.275 e. The van der Waals surface area contributed by atoms with Crippen LogP contribution in [0.3, 0.4) is 0 Å². The summed E-state index contributed by atoms with van der Waals surface area (Å²) in [7, 11) is 2.94. The van der Waals surface area contributed by atoms with Crippen molar-refractivity contribution in [3.8, 4) is 23.1 Å². The lowest BCUT2D eigenvalue weighted by atomic mass is 9.90. The maximum Gasteiger partial charge on any atom is 0.275 e. The molecule has 0 bridgehead atoms. The van der Waals surface area contributed by atoms with E-state index in [4.69, 9.17) is 25.8 Å². The Morgan fingerprint density at radius 3 is 2.29 bits per heavy atom. The number of hydrogen-bond acceptors (Lipinski definition) is 7. The van der Waals surface area contributed by atoms with Crippen molar-refractivity contribution >= 4 is 17.5 Å². The van der Waals surface area contributed by atoms with E-state index >= 15 is 0 Å². The molecule has 0 saturated carbocycles. The third-order valence-electron chi connectivity index (χ3n) is 6.75. The fraction of sp³-hybridized carbons (Fsp3) is 0.393. The van der Waals surface area contributed by atoms with Crippen molar-refractivity contribution in [3.05, 3.63) is 74.8 Å². The molecule has 2 heterocycles. The standard InChI is InChI=1S/C28H32ClN3O6/c1-4-38-17-23-30-26(33)24(28(35)32(23)25-21(36-2)6-5-7-22(25)37-3)27(34)31-14-12-19(13-15-31)16-18-8-10-20(29)11-9-18/h5-11,19,33H,4,12-17H2,1-3H3. The number of hydrogen-bond donors (Lipinski definition) is 1. The van der Waals surface area contributed by atoms with E-state index in [0.29, 0.717) is 42.1 Å². The highest BCUT2D eigenvalue weighted by molar-refractivity contribution is 6.30. The van der Waals surface area contributed by atoms with Gasteiger partial charge in [0.15, 0.2) is 5.56 Å². The van der Waals surface area contributed by atoms with Gasteiger partial charge in [-0.1, -0.05) is 29.8 Å². The molecule has 0 aliphatic carbocycles. The molecule has 1 fully saturated rings. The molecule has 1 saturated heterocycles. The van der Waals surface area contributed by atoms with Gasteiger partial charge >= 0.3 is 0 Å². The first-order valence-electron chi connectivity index (χ1n) is 12.6. The summed E-state index contributed by atoms with van der Waals surface area (Å²) in [6.07, 6.45) is 2.44. The fourth-order valence-electron chi connectivity index (χ4n) is 4.76. The van der Waals surface area contributed by atoms with Crippen molar-refractivity contribution in [2.45, 2.75) is 32.8 Å². The number of benzene rings is 2. The summed E-state index contributed by atoms with van der Waals surface area (Å²) in [5.74, 6) is 0.0280. The number of likely N-dealkylation sites (tertiary alicyclic amines) is 1. The molecular weight excluding hydrogens is 510 g/mol. The first kappa shape index (κ1) is 27.5. The van der Waals surface area contributed by atoms with Gasteiger partial charge in [-0.2, -0.15) is 4.98 Å². The number of amides is 1. The van der Waals surface area contributed by atoms with Gasteiger partial charge in [-0.05, 0) is 61.9 Å². The number of piperidine rings is 1. The van der Waals surface area contributed by atoms with E-state index < -0.39 is 22.9 Å². The van der Waals surface area contributed by atoms with Crippen LogP contribution in [0.1, 0.15) is 41.5 Å². The van der Waals surface area contributed by atoms with Crippen LogP contribution in [0.25, 0.3) is 5.69 Å². The Bertz CT molecular complexity index is 1310. The molecule has 202 valence electrons. The van der Waals surface area contributed by atoms with E-state index in [0.717, 1.165) is 19.3 Å². The van der Waals surface area contributed by atoms with E-state index in [1.807, 2.05) is 24.3 Å². The number of carbonyl (C=O) groups excluding carboxylic acids is 1. The van der Waals surface area contributed by atoms with E-state index in [2.05, 4.69) is 4.98 Å². The van der Waals surface area contributed by atoms with Crippen LogP contribution < -0.4 is 15.0 Å². The highest BCUT2D eigenvalue weighted by Crippen LogP contribution is 2.33. The third kappa shape index (κ3) is 5.79. The van der Waals surface area contributed by atoms with Gasteiger partial charge in [-0.3, -0.25) is 14.2 Å². The van der Waals surface area contributed by atoms with Crippen LogP contribution in [0.5, 0.6) is 17.4 Å². The summed E-state index contributed by atoms with van der Waals surface area (Å²) >= 11 is 5.99. The molecule has 1 amide bonds. The Morgan fingerprint density at radius 1 is 1.08 bits per heavy atom. The van der Waals surface area contributed by atoms with Gasteiger partial charge in [0.05, 0.1) is 14.2 Å². The van der Waals surface area contributed by atoms with Crippen LogP contribution in [0.2, 0.25) is 5.02 Å². The molecule has 1 aromatic heterocycles. The van der Waals surface area contributed by atoms with Gasteiger partial charge in [-0.15, -0.1) is 0 Å². The van der Waals surface area contributed by atoms with E-state index in [1.54, 1.807) is 30.0 Å². The number of carbonyl (C=O) groups is 1. The SMILES string of the molecule is CCOCc1nc(O)c(C(=O)N2CCC(Cc3ccc(Cl)cc3)CC2)c(=O)n1-c1c(OC)cccc1OC. The molecular formula is C28H32ClN3O6. The summed E-state index contributed by atoms with van der Waals surface area (Å²) in [5.41, 5.74) is 0.359. The number of para-hydroxylation sites is 1. The molecule has 9 nitrogen and oxygen atoms in total. The number of methoxy groups -OCH3 is 2. The van der Waals surface area contributed by atoms with Crippen LogP contribution in [-0.4, -0.2) is 59.4 Å². The molecule has 0 radical (unpaired) electrons. The highest BCUT2D eigenvalue weighted by atomic mass is 35.5. The topological polar surface area (TPSA) is 103 Å². The Morgan fingerprint density at radius 2 is 1.71 bits per heavy atom. The van der Waals surface area contributed by atoms with E-state index in [-0.39, 0.29) is 18.1 Å². The van der Waals surface area contributed by atoms with Crippen molar-refractivity contribution in [2.75, 3.05) is 33.9 Å². The molecule has 0 unspecified atom stereocenters. The molecule has 2 aromatic carbocycles. The Kier molecular flexibility index (Phi) is 8.91. The molecule has 0 atom stereocenters. The Balaban J connectivity index is 1.65. The normalized spacial score (nSPS) is 13.9. The minimum absolute atomic E-state index is 0.0644. The van der Waals surface area contributed by atoms with Crippen LogP contribution in [0, 0.1) is 5.92 Å². The predicted molar refractivity (Wildman–Crippen MR) is 144 cm³/mol. The van der Waals surface area contributed by atoms with Crippen LogP contribution >= 0.6 is 11.6 Å². The number of aromatic nitrogens is 2. The molecule has 1 N–H and O–H groups in total. The summed E-state index contributed by atoms with van der Waals surface area (Å²) in [6, 6.07) is 12.9. The van der Waals surface area contributed by atoms with Crippen molar-refractivity contribution < 1.29 is 24.1 Å². The minimum Gasteiger partial charge on any atom is -0.494 e. The minimum atomic E-state index is -0.719. The third-order valence-corrected chi connectivity index (χ3v) is 7.00. The molecule has 4 rings (SSSR count). The summed E-state index contributed by atoms with van der Waals surface area (Å²) in [5, 5.41) is 11.5. The number of halogens is 1. The van der Waals surface area contributed by atoms with Gasteiger partial charge < -0.3 is 24.2 Å². The fourth-order valence-corrected chi connectivity index (χ4v) is 4.89. The van der Waals surface area contributed by atoms with Gasteiger partial charge in [-0.25, -0.2) is 0 Å². The molecule has 38 heavy (non-hydrogen) atoms. The number of nitrogens with zero attached hydrogens (tertiary/aromatic N) is 3. The lowest BCUT2D eigenvalue weighted by molar-refractivity contribution is 0.0683. The molecule has 10 heteroatoms. The molecule has 1 aliphatic rings. The highest BCUT2D eigenvalue weighted by Gasteiger charge is 2.31. The summed E-state index contributed by atoms with van der Waals surface area (Å²) in [6.45, 7) is 3.04. The van der Waals surface area contributed by atoms with Crippen LogP contribution in [0.4, 0.5) is 0 Å². The van der Waals surface area contributed by atoms with Crippen molar-refractivity contribution in [2.24, 2.45) is 5.92 Å². The first-order valence-corrected chi connectivity index (χ1v) is 12.9. The van der Waals surface area contributed by atoms with Gasteiger partial charge in [0, 0.05) is 24.7 Å². The zero-order chi connectivity index (χ0) is 27.2. The van der Waals surface area contributed by atoms with E-state index in [9.17, 15) is 14.7 Å². The maximum absolute atomic E-state index is 13.9.